The number of carboxylic acids is 1. The zero-order chi connectivity index (χ0) is 26.0. The minimum Gasteiger partial charge on any atom is -0.496 e. The number of carboxylic acid groups (broad SMARTS) is 1. The predicted molar refractivity (Wildman–Crippen MR) is 129 cm³/mol. The number of amides is 2. The van der Waals surface area contributed by atoms with Crippen molar-refractivity contribution in [3.8, 4) is 17.2 Å². The van der Waals surface area contributed by atoms with E-state index in [0.29, 0.717) is 5.71 Å². The number of carbonyl (C=O) groups excluding carboxylic acids is 1. The summed E-state index contributed by atoms with van der Waals surface area (Å²) >= 11 is 6.49. The number of ether oxygens (including phenoxy) is 3. The molecule has 2 aliphatic heterocycles. The first-order valence-corrected chi connectivity index (χ1v) is 11.2. The number of methoxy groups -OCH3 is 1. The Kier molecular flexibility index (Phi) is 7.32. The molecule has 2 aliphatic rings. The number of dihydropyridines is 1. The molecule has 2 aromatic carbocycles. The number of urea groups is 1. The van der Waals surface area contributed by atoms with Crippen LogP contribution >= 0.6 is 11.6 Å². The maximum absolute atomic E-state index is 14.4. The number of aliphatic hydroxyl groups is 1. The molecular weight excluding hydrogens is 497 g/mol. The van der Waals surface area contributed by atoms with Gasteiger partial charge < -0.3 is 29.7 Å². The molecule has 0 spiro atoms. The average molecular weight is 520 g/mol. The molecule has 0 bridgehead atoms. The summed E-state index contributed by atoms with van der Waals surface area (Å²) < 4.78 is 30.8. The molecule has 2 heterocycles. The number of halogens is 2. The lowest BCUT2D eigenvalue weighted by Crippen LogP contribution is -2.39. The van der Waals surface area contributed by atoms with Crippen molar-refractivity contribution in [2.24, 2.45) is 4.99 Å². The average Bonchev–Trinajstić information content (AvgIpc) is 3.18. The molecule has 190 valence electrons. The standard InChI is InChI=1S/C24H23ClFN3O7/c1-12-6-13(9-30)27-23-22(12)28-24(33)29(23)17-8-20(19(7-15(17)25)36-11-21(31)32)35-10-14-16(26)4-3-5-18(14)34-2/h3-8,22-23,30H,9-11H2,1-2H3,(H,28,33)(H,31,32). The number of anilines is 1. The number of hydrogen-bond donors (Lipinski definition) is 3. The summed E-state index contributed by atoms with van der Waals surface area (Å²) in [6.45, 7) is 0.537. The summed E-state index contributed by atoms with van der Waals surface area (Å²) in [5.74, 6) is -1.53. The van der Waals surface area contributed by atoms with Crippen LogP contribution in [0.2, 0.25) is 5.02 Å². The number of benzene rings is 2. The first kappa shape index (κ1) is 25.3. The highest BCUT2D eigenvalue weighted by atomic mass is 35.5. The van der Waals surface area contributed by atoms with E-state index < -0.39 is 36.6 Å². The maximum atomic E-state index is 14.4. The van der Waals surface area contributed by atoms with Crippen LogP contribution in [0.3, 0.4) is 0 Å². The second kappa shape index (κ2) is 10.4. The number of aliphatic carboxylic acids is 1. The quantitative estimate of drug-likeness (QED) is 0.464. The monoisotopic (exact) mass is 519 g/mol. The Hall–Kier alpha value is -3.83. The van der Waals surface area contributed by atoms with Gasteiger partial charge in [0.25, 0.3) is 0 Å². The highest BCUT2D eigenvalue weighted by Gasteiger charge is 2.43. The minimum absolute atomic E-state index is 0.0168. The minimum atomic E-state index is -1.23. The van der Waals surface area contributed by atoms with Crippen molar-refractivity contribution in [1.82, 2.24) is 5.32 Å². The van der Waals surface area contributed by atoms with Gasteiger partial charge in [-0.15, -0.1) is 0 Å². The zero-order valence-electron chi connectivity index (χ0n) is 19.3. The molecule has 1 saturated heterocycles. The topological polar surface area (TPSA) is 130 Å². The van der Waals surface area contributed by atoms with Gasteiger partial charge in [-0.1, -0.05) is 17.7 Å². The van der Waals surface area contributed by atoms with Crippen molar-refractivity contribution in [3.05, 3.63) is 58.4 Å². The largest absolute Gasteiger partial charge is 0.496 e. The van der Waals surface area contributed by atoms with Crippen LogP contribution in [0.25, 0.3) is 0 Å². The zero-order valence-corrected chi connectivity index (χ0v) is 20.1. The van der Waals surface area contributed by atoms with Gasteiger partial charge in [-0.3, -0.25) is 9.89 Å². The summed E-state index contributed by atoms with van der Waals surface area (Å²) in [7, 11) is 1.39. The van der Waals surface area contributed by atoms with Gasteiger partial charge in [0.1, 0.15) is 18.2 Å². The summed E-state index contributed by atoms with van der Waals surface area (Å²) in [4.78, 5) is 29.8. The molecule has 0 radical (unpaired) electrons. The third-order valence-corrected chi connectivity index (χ3v) is 6.00. The van der Waals surface area contributed by atoms with E-state index in [1.54, 1.807) is 12.1 Å². The lowest BCUT2D eigenvalue weighted by Gasteiger charge is -2.28. The molecule has 0 aliphatic carbocycles. The van der Waals surface area contributed by atoms with Crippen LogP contribution in [0.4, 0.5) is 14.9 Å². The maximum Gasteiger partial charge on any atom is 0.341 e. The van der Waals surface area contributed by atoms with Crippen LogP contribution in [0.5, 0.6) is 17.2 Å². The van der Waals surface area contributed by atoms with E-state index in [-0.39, 0.29) is 46.7 Å². The molecule has 2 atom stereocenters. The van der Waals surface area contributed by atoms with Crippen molar-refractivity contribution in [3.63, 3.8) is 0 Å². The number of nitrogens with zero attached hydrogens (tertiary/aromatic N) is 2. The molecular formula is C24H23ClFN3O7. The van der Waals surface area contributed by atoms with E-state index in [0.717, 1.165) is 5.57 Å². The molecule has 2 amide bonds. The smallest absolute Gasteiger partial charge is 0.341 e. The van der Waals surface area contributed by atoms with Gasteiger partial charge in [0.2, 0.25) is 0 Å². The number of rotatable bonds is 9. The number of nitrogens with one attached hydrogen (secondary N) is 1. The van der Waals surface area contributed by atoms with E-state index in [2.05, 4.69) is 10.3 Å². The summed E-state index contributed by atoms with van der Waals surface area (Å²) in [5.41, 5.74) is 1.53. The SMILES string of the molecule is COc1cccc(F)c1COc1cc(N2C(=O)NC3C(C)=CC(CO)=NC32)c(Cl)cc1OCC(=O)O. The molecule has 10 nitrogen and oxygen atoms in total. The van der Waals surface area contributed by atoms with Gasteiger partial charge in [0, 0.05) is 12.1 Å². The van der Waals surface area contributed by atoms with Crippen molar-refractivity contribution < 1.29 is 38.4 Å². The van der Waals surface area contributed by atoms with E-state index in [1.807, 2.05) is 6.92 Å². The Morgan fingerprint density at radius 3 is 2.69 bits per heavy atom. The Morgan fingerprint density at radius 1 is 1.25 bits per heavy atom. The van der Waals surface area contributed by atoms with E-state index in [1.165, 1.54) is 36.3 Å². The summed E-state index contributed by atoms with van der Waals surface area (Å²) in [5, 5.41) is 21.5. The molecule has 3 N–H and O–H groups in total. The van der Waals surface area contributed by atoms with Crippen LogP contribution < -0.4 is 24.4 Å². The van der Waals surface area contributed by atoms with Crippen molar-refractivity contribution in [2.45, 2.75) is 25.7 Å². The van der Waals surface area contributed by atoms with Crippen LogP contribution in [0.1, 0.15) is 12.5 Å². The van der Waals surface area contributed by atoms with E-state index in [9.17, 15) is 19.1 Å². The molecule has 0 aromatic heterocycles. The van der Waals surface area contributed by atoms with Gasteiger partial charge in [-0.2, -0.15) is 0 Å². The molecule has 36 heavy (non-hydrogen) atoms. The van der Waals surface area contributed by atoms with E-state index >= 15 is 0 Å². The van der Waals surface area contributed by atoms with E-state index in [4.69, 9.17) is 30.9 Å². The Balaban J connectivity index is 1.73. The fraction of sp³-hybridized carbons (Fsp3) is 0.292. The molecule has 4 rings (SSSR count). The molecule has 0 saturated carbocycles. The van der Waals surface area contributed by atoms with Crippen LogP contribution in [0, 0.1) is 5.82 Å². The van der Waals surface area contributed by atoms with Crippen molar-refractivity contribution >= 4 is 35.0 Å². The van der Waals surface area contributed by atoms with Crippen molar-refractivity contribution in [2.75, 3.05) is 25.2 Å². The van der Waals surface area contributed by atoms with Gasteiger partial charge in [-0.05, 0) is 30.7 Å². The summed E-state index contributed by atoms with van der Waals surface area (Å²) in [6, 6.07) is 6.10. The van der Waals surface area contributed by atoms with Gasteiger partial charge in [-0.25, -0.2) is 14.0 Å². The van der Waals surface area contributed by atoms with Gasteiger partial charge >= 0.3 is 12.0 Å². The molecule has 2 aromatic rings. The van der Waals surface area contributed by atoms with Gasteiger partial charge in [0.15, 0.2) is 24.3 Å². The first-order valence-electron chi connectivity index (χ1n) is 10.8. The van der Waals surface area contributed by atoms with Crippen molar-refractivity contribution in [1.29, 1.82) is 0 Å². The normalized spacial score (nSPS) is 18.7. The first-order chi connectivity index (χ1) is 17.2. The number of aliphatic imine (C=N–C) groups is 1. The second-order valence-corrected chi connectivity index (χ2v) is 8.43. The third kappa shape index (κ3) is 4.93. The van der Waals surface area contributed by atoms with Crippen LogP contribution in [-0.2, 0) is 11.4 Å². The van der Waals surface area contributed by atoms with Gasteiger partial charge in [0.05, 0.1) is 41.7 Å². The number of hydrogen-bond acceptors (Lipinski definition) is 7. The Bertz CT molecular complexity index is 1270. The number of fused-ring (bicyclic) bond motifs is 1. The second-order valence-electron chi connectivity index (χ2n) is 8.02. The summed E-state index contributed by atoms with van der Waals surface area (Å²) in [6.07, 6.45) is 0.971. The Labute approximate surface area is 210 Å². The highest BCUT2D eigenvalue weighted by Crippen LogP contribution is 2.42. The number of carbonyl (C=O) groups is 2. The fourth-order valence-electron chi connectivity index (χ4n) is 4.02. The molecule has 2 unspecified atom stereocenters. The highest BCUT2D eigenvalue weighted by molar-refractivity contribution is 6.34. The predicted octanol–water partition coefficient (Wildman–Crippen LogP) is 3.15. The lowest BCUT2D eigenvalue weighted by molar-refractivity contribution is -0.139. The van der Waals surface area contributed by atoms with Crippen LogP contribution in [0.15, 0.2) is 47.0 Å². The third-order valence-electron chi connectivity index (χ3n) is 5.70. The number of aliphatic hydroxyl groups excluding tert-OH is 1. The fourth-order valence-corrected chi connectivity index (χ4v) is 4.26. The molecule has 1 fully saturated rings. The van der Waals surface area contributed by atoms with Crippen LogP contribution in [-0.4, -0.2) is 60.5 Å². The Morgan fingerprint density at radius 2 is 2.00 bits per heavy atom. The lowest BCUT2D eigenvalue weighted by atomic mass is 10.0. The molecule has 12 heteroatoms.